The predicted molar refractivity (Wildman–Crippen MR) is 55.6 cm³/mol. The molecule has 2 rings (SSSR count). The lowest BCUT2D eigenvalue weighted by molar-refractivity contribution is 0.0519. The van der Waals surface area contributed by atoms with E-state index >= 15 is 0 Å². The Morgan fingerprint density at radius 1 is 1.44 bits per heavy atom. The van der Waals surface area contributed by atoms with Gasteiger partial charge in [0.2, 0.25) is 0 Å². The molecule has 0 saturated heterocycles. The number of nitrogens with one attached hydrogen (secondary N) is 1. The number of carbonyl (C=O) groups is 1. The first-order valence-corrected chi connectivity index (χ1v) is 4.81. The smallest absolute Gasteiger partial charge is 0.357 e. The Morgan fingerprint density at radius 3 is 3.00 bits per heavy atom. The van der Waals surface area contributed by atoms with Crippen molar-refractivity contribution in [1.29, 1.82) is 0 Å². The number of nitrogens with zero attached hydrogens (tertiary/aromatic N) is 3. The molecule has 0 unspecified atom stereocenters. The van der Waals surface area contributed by atoms with Gasteiger partial charge in [0.25, 0.3) is 0 Å². The zero-order chi connectivity index (χ0) is 11.4. The van der Waals surface area contributed by atoms with E-state index in [1.165, 1.54) is 12.3 Å². The van der Waals surface area contributed by atoms with Crippen molar-refractivity contribution in [2.75, 3.05) is 6.61 Å². The van der Waals surface area contributed by atoms with Crippen LogP contribution in [0.3, 0.4) is 0 Å². The summed E-state index contributed by atoms with van der Waals surface area (Å²) in [5.74, 6) is 0.430. The lowest BCUT2D eigenvalue weighted by Gasteiger charge is -2.01. The van der Waals surface area contributed by atoms with Crippen LogP contribution in [0.1, 0.15) is 17.4 Å². The Hall–Kier alpha value is -2.24. The van der Waals surface area contributed by atoms with E-state index in [2.05, 4.69) is 19.9 Å². The summed E-state index contributed by atoms with van der Waals surface area (Å²) < 4.78 is 4.84. The van der Waals surface area contributed by atoms with Crippen molar-refractivity contribution in [3.63, 3.8) is 0 Å². The summed E-state index contributed by atoms with van der Waals surface area (Å²) in [5.41, 5.74) is 0.225. The van der Waals surface area contributed by atoms with E-state index in [-0.39, 0.29) is 5.69 Å². The number of aromatic amines is 1. The van der Waals surface area contributed by atoms with Crippen molar-refractivity contribution in [2.45, 2.75) is 6.92 Å². The summed E-state index contributed by atoms with van der Waals surface area (Å²) >= 11 is 0. The molecule has 0 aliphatic carbocycles. The number of H-pyrrole nitrogens is 1. The third-order valence-corrected chi connectivity index (χ3v) is 1.85. The van der Waals surface area contributed by atoms with Crippen LogP contribution < -0.4 is 0 Å². The molecule has 0 aromatic carbocycles. The SMILES string of the molecule is CCOC(=O)c1ccnc(-c2ncc[nH]2)n1. The minimum Gasteiger partial charge on any atom is -0.461 e. The number of esters is 1. The molecule has 0 amide bonds. The maximum Gasteiger partial charge on any atom is 0.357 e. The predicted octanol–water partition coefficient (Wildman–Crippen LogP) is 1.04. The van der Waals surface area contributed by atoms with Gasteiger partial charge in [0.1, 0.15) is 0 Å². The fourth-order valence-corrected chi connectivity index (χ4v) is 1.18. The van der Waals surface area contributed by atoms with Gasteiger partial charge in [0, 0.05) is 18.6 Å². The van der Waals surface area contributed by atoms with Crippen molar-refractivity contribution in [3.8, 4) is 11.6 Å². The minimum atomic E-state index is -0.460. The van der Waals surface area contributed by atoms with Gasteiger partial charge < -0.3 is 9.72 Å². The summed E-state index contributed by atoms with van der Waals surface area (Å²) in [5, 5.41) is 0. The average molecular weight is 218 g/mol. The number of carbonyl (C=O) groups excluding carboxylic acids is 1. The highest BCUT2D eigenvalue weighted by molar-refractivity contribution is 5.87. The van der Waals surface area contributed by atoms with E-state index in [1.807, 2.05) is 0 Å². The molecule has 6 nitrogen and oxygen atoms in total. The number of aromatic nitrogens is 4. The Bertz CT molecular complexity index is 481. The zero-order valence-corrected chi connectivity index (χ0v) is 8.67. The second kappa shape index (κ2) is 4.52. The van der Waals surface area contributed by atoms with Gasteiger partial charge in [0.15, 0.2) is 17.3 Å². The molecule has 0 aliphatic rings. The van der Waals surface area contributed by atoms with Crippen LogP contribution >= 0.6 is 0 Å². The second-order valence-corrected chi connectivity index (χ2v) is 2.92. The summed E-state index contributed by atoms with van der Waals surface area (Å²) in [4.78, 5) is 26.4. The normalized spacial score (nSPS) is 10.1. The first-order valence-electron chi connectivity index (χ1n) is 4.81. The van der Waals surface area contributed by atoms with E-state index in [0.29, 0.717) is 18.3 Å². The number of rotatable bonds is 3. The van der Waals surface area contributed by atoms with Gasteiger partial charge in [-0.2, -0.15) is 0 Å². The molecular formula is C10H10N4O2. The fourth-order valence-electron chi connectivity index (χ4n) is 1.18. The first kappa shape index (κ1) is 10.3. The maximum absolute atomic E-state index is 11.4. The molecule has 2 aromatic rings. The summed E-state index contributed by atoms with van der Waals surface area (Å²) in [7, 11) is 0. The van der Waals surface area contributed by atoms with Crippen molar-refractivity contribution < 1.29 is 9.53 Å². The van der Waals surface area contributed by atoms with Crippen LogP contribution in [-0.4, -0.2) is 32.5 Å². The van der Waals surface area contributed by atoms with E-state index in [4.69, 9.17) is 4.74 Å². The molecule has 2 heterocycles. The van der Waals surface area contributed by atoms with E-state index in [0.717, 1.165) is 0 Å². The van der Waals surface area contributed by atoms with E-state index in [9.17, 15) is 4.79 Å². The molecule has 0 atom stereocenters. The summed E-state index contributed by atoms with van der Waals surface area (Å²) in [6.45, 7) is 2.06. The van der Waals surface area contributed by atoms with E-state index in [1.54, 1.807) is 19.3 Å². The molecule has 0 spiro atoms. The number of imidazole rings is 1. The van der Waals surface area contributed by atoms with Gasteiger partial charge in [-0.3, -0.25) is 0 Å². The van der Waals surface area contributed by atoms with Crippen molar-refractivity contribution >= 4 is 5.97 Å². The Labute approximate surface area is 91.7 Å². The lowest BCUT2D eigenvalue weighted by atomic mass is 10.4. The third kappa shape index (κ3) is 2.05. The standard InChI is InChI=1S/C10H10N4O2/c1-2-16-10(15)7-3-4-11-9(14-7)8-12-5-6-13-8/h3-6H,2H2,1H3,(H,12,13). The van der Waals surface area contributed by atoms with Gasteiger partial charge in [-0.15, -0.1) is 0 Å². The lowest BCUT2D eigenvalue weighted by Crippen LogP contribution is -2.08. The Morgan fingerprint density at radius 2 is 2.31 bits per heavy atom. The third-order valence-electron chi connectivity index (χ3n) is 1.85. The molecule has 0 fully saturated rings. The molecule has 0 bridgehead atoms. The largest absolute Gasteiger partial charge is 0.461 e. The monoisotopic (exact) mass is 218 g/mol. The Kier molecular flexibility index (Phi) is 2.90. The van der Waals surface area contributed by atoms with Crippen LogP contribution in [0.2, 0.25) is 0 Å². The number of hydrogen-bond donors (Lipinski definition) is 1. The molecule has 82 valence electrons. The van der Waals surface area contributed by atoms with Gasteiger partial charge in [-0.05, 0) is 13.0 Å². The first-order chi connectivity index (χ1) is 7.81. The van der Waals surface area contributed by atoms with Gasteiger partial charge >= 0.3 is 5.97 Å². The molecular weight excluding hydrogens is 208 g/mol. The second-order valence-electron chi connectivity index (χ2n) is 2.92. The van der Waals surface area contributed by atoms with Crippen LogP contribution in [0, 0.1) is 0 Å². The zero-order valence-electron chi connectivity index (χ0n) is 8.67. The molecule has 16 heavy (non-hydrogen) atoms. The highest BCUT2D eigenvalue weighted by Gasteiger charge is 2.11. The molecule has 2 aromatic heterocycles. The molecule has 1 N–H and O–H groups in total. The minimum absolute atomic E-state index is 0.225. The number of ether oxygens (including phenoxy) is 1. The van der Waals surface area contributed by atoms with Gasteiger partial charge in [-0.25, -0.2) is 19.7 Å². The molecule has 0 radical (unpaired) electrons. The summed E-state index contributed by atoms with van der Waals surface area (Å²) in [6.07, 6.45) is 4.75. The highest BCUT2D eigenvalue weighted by Crippen LogP contribution is 2.08. The fraction of sp³-hybridized carbons (Fsp3) is 0.200. The van der Waals surface area contributed by atoms with Crippen molar-refractivity contribution in [1.82, 2.24) is 19.9 Å². The average Bonchev–Trinajstić information content (AvgIpc) is 2.83. The van der Waals surface area contributed by atoms with Gasteiger partial charge in [0.05, 0.1) is 6.61 Å². The van der Waals surface area contributed by atoms with Crippen LogP contribution in [0.4, 0.5) is 0 Å². The van der Waals surface area contributed by atoms with E-state index < -0.39 is 5.97 Å². The van der Waals surface area contributed by atoms with Gasteiger partial charge in [-0.1, -0.05) is 0 Å². The van der Waals surface area contributed by atoms with Crippen molar-refractivity contribution in [3.05, 3.63) is 30.4 Å². The van der Waals surface area contributed by atoms with Crippen LogP contribution in [-0.2, 0) is 4.74 Å². The van der Waals surface area contributed by atoms with Crippen LogP contribution in [0.15, 0.2) is 24.7 Å². The van der Waals surface area contributed by atoms with Crippen LogP contribution in [0.25, 0.3) is 11.6 Å². The highest BCUT2D eigenvalue weighted by atomic mass is 16.5. The van der Waals surface area contributed by atoms with Crippen molar-refractivity contribution in [2.24, 2.45) is 0 Å². The van der Waals surface area contributed by atoms with Crippen LogP contribution in [0.5, 0.6) is 0 Å². The Balaban J connectivity index is 2.30. The summed E-state index contributed by atoms with van der Waals surface area (Å²) in [6, 6.07) is 1.50. The molecule has 6 heteroatoms. The maximum atomic E-state index is 11.4. The molecule has 0 aliphatic heterocycles. The quantitative estimate of drug-likeness (QED) is 0.778. The topological polar surface area (TPSA) is 80.8 Å². The number of hydrogen-bond acceptors (Lipinski definition) is 5. The molecule has 0 saturated carbocycles.